The first-order valence-corrected chi connectivity index (χ1v) is 8.62. The minimum Gasteiger partial charge on any atom is -0.467 e. The minimum absolute atomic E-state index is 0.434. The highest BCUT2D eigenvalue weighted by Crippen LogP contribution is 2.40. The Morgan fingerprint density at radius 3 is 3.05 bits per heavy atom. The predicted molar refractivity (Wildman–Crippen MR) is 84.8 cm³/mol. The Bertz CT molecular complexity index is 603. The monoisotopic (exact) mass is 303 g/mol. The van der Waals surface area contributed by atoms with E-state index in [9.17, 15) is 0 Å². The number of nitrogens with zero attached hydrogens (tertiary/aromatic N) is 2. The molecule has 0 bridgehead atoms. The highest BCUT2D eigenvalue weighted by molar-refractivity contribution is 7.15. The van der Waals surface area contributed by atoms with Crippen molar-refractivity contribution in [2.45, 2.75) is 50.7 Å². The van der Waals surface area contributed by atoms with Gasteiger partial charge in [0, 0.05) is 10.9 Å². The van der Waals surface area contributed by atoms with Crippen molar-refractivity contribution in [1.82, 2.24) is 10.3 Å². The summed E-state index contributed by atoms with van der Waals surface area (Å²) in [5, 5.41) is 4.59. The summed E-state index contributed by atoms with van der Waals surface area (Å²) in [5.74, 6) is 1.03. The van der Waals surface area contributed by atoms with Crippen LogP contribution in [0.3, 0.4) is 0 Å². The summed E-state index contributed by atoms with van der Waals surface area (Å²) in [6, 6.07) is 5.10. The molecular weight excluding hydrogens is 282 g/mol. The molecule has 1 atom stereocenters. The van der Waals surface area contributed by atoms with Gasteiger partial charge in [0.1, 0.15) is 5.76 Å². The van der Waals surface area contributed by atoms with Crippen molar-refractivity contribution >= 4 is 16.5 Å². The van der Waals surface area contributed by atoms with Gasteiger partial charge in [0.15, 0.2) is 5.13 Å². The summed E-state index contributed by atoms with van der Waals surface area (Å²) >= 11 is 1.89. The second-order valence-corrected chi connectivity index (χ2v) is 7.04. The topological polar surface area (TPSA) is 41.3 Å². The van der Waals surface area contributed by atoms with Gasteiger partial charge >= 0.3 is 0 Å². The number of aryl methyl sites for hydroxylation is 1. The van der Waals surface area contributed by atoms with Crippen LogP contribution in [0.25, 0.3) is 0 Å². The van der Waals surface area contributed by atoms with E-state index >= 15 is 0 Å². The molecule has 0 aromatic carbocycles. The zero-order valence-corrected chi connectivity index (χ0v) is 13.2. The van der Waals surface area contributed by atoms with Crippen LogP contribution in [-0.2, 0) is 13.0 Å². The Morgan fingerprint density at radius 2 is 2.33 bits per heavy atom. The Kier molecular flexibility index (Phi) is 3.47. The van der Waals surface area contributed by atoms with E-state index in [1.807, 2.05) is 24.5 Å². The molecule has 2 heterocycles. The Labute approximate surface area is 129 Å². The molecule has 5 heteroatoms. The molecule has 0 amide bonds. The molecule has 112 valence electrons. The lowest BCUT2D eigenvalue weighted by Gasteiger charge is -2.20. The summed E-state index contributed by atoms with van der Waals surface area (Å²) < 4.78 is 5.53. The van der Waals surface area contributed by atoms with E-state index in [4.69, 9.17) is 9.40 Å². The number of hydrogen-bond acceptors (Lipinski definition) is 5. The zero-order valence-electron chi connectivity index (χ0n) is 12.3. The van der Waals surface area contributed by atoms with Crippen molar-refractivity contribution in [3.63, 3.8) is 0 Å². The predicted octanol–water partition coefficient (Wildman–Crippen LogP) is 3.50. The van der Waals surface area contributed by atoms with Gasteiger partial charge in [-0.15, -0.1) is 11.3 Å². The minimum atomic E-state index is 0.434. The zero-order chi connectivity index (χ0) is 14.2. The molecule has 4 nitrogen and oxygen atoms in total. The molecule has 1 unspecified atom stereocenters. The number of thiazole rings is 1. The average Bonchev–Trinajstić information content (AvgIpc) is 3.04. The average molecular weight is 303 g/mol. The van der Waals surface area contributed by atoms with E-state index in [-0.39, 0.29) is 0 Å². The van der Waals surface area contributed by atoms with Gasteiger partial charge in [-0.25, -0.2) is 4.98 Å². The van der Waals surface area contributed by atoms with Gasteiger partial charge < -0.3 is 14.6 Å². The lowest BCUT2D eigenvalue weighted by atomic mass is 9.98. The maximum absolute atomic E-state index is 5.53. The van der Waals surface area contributed by atoms with Gasteiger partial charge in [0.2, 0.25) is 0 Å². The molecule has 1 N–H and O–H groups in total. The van der Waals surface area contributed by atoms with Gasteiger partial charge in [0.25, 0.3) is 0 Å². The molecule has 0 aliphatic heterocycles. The van der Waals surface area contributed by atoms with Crippen LogP contribution < -0.4 is 10.2 Å². The summed E-state index contributed by atoms with van der Waals surface area (Å²) in [6.07, 6.45) is 7.96. The van der Waals surface area contributed by atoms with Gasteiger partial charge in [-0.2, -0.15) is 0 Å². The second-order valence-electron chi connectivity index (χ2n) is 5.98. The Balaban J connectivity index is 1.62. The third-order valence-electron chi connectivity index (χ3n) is 4.43. The molecule has 2 aliphatic carbocycles. The van der Waals surface area contributed by atoms with E-state index in [1.165, 1.54) is 47.8 Å². The van der Waals surface area contributed by atoms with Crippen molar-refractivity contribution in [2.24, 2.45) is 0 Å². The Morgan fingerprint density at radius 1 is 1.43 bits per heavy atom. The van der Waals surface area contributed by atoms with Crippen LogP contribution >= 0.6 is 11.3 Å². The largest absolute Gasteiger partial charge is 0.467 e. The van der Waals surface area contributed by atoms with Crippen LogP contribution in [0, 0.1) is 0 Å². The first-order chi connectivity index (χ1) is 10.3. The van der Waals surface area contributed by atoms with Crippen LogP contribution in [0.2, 0.25) is 0 Å². The number of aromatic nitrogens is 1. The number of rotatable bonds is 5. The fourth-order valence-electron chi connectivity index (χ4n) is 3.12. The normalized spacial score (nSPS) is 21.3. The third kappa shape index (κ3) is 2.60. The van der Waals surface area contributed by atoms with Crippen molar-refractivity contribution in [3.8, 4) is 0 Å². The molecule has 0 radical (unpaired) electrons. The van der Waals surface area contributed by atoms with Crippen molar-refractivity contribution in [1.29, 1.82) is 0 Å². The standard InChI is InChI=1S/C16H21N3OS/c1-17-13-5-2-6-14-15(13)18-16(21-14)19(11-7-8-11)10-12-4-3-9-20-12/h3-4,9,11,13,17H,2,5-8,10H2,1H3. The van der Waals surface area contributed by atoms with Gasteiger partial charge in [-0.1, -0.05) is 0 Å². The van der Waals surface area contributed by atoms with Crippen LogP contribution in [0.4, 0.5) is 5.13 Å². The molecule has 2 aromatic heterocycles. The second kappa shape index (κ2) is 5.46. The van der Waals surface area contributed by atoms with Crippen LogP contribution in [0.1, 0.15) is 48.1 Å². The lowest BCUT2D eigenvalue weighted by molar-refractivity contribution is 0.487. The van der Waals surface area contributed by atoms with Gasteiger partial charge in [-0.3, -0.25) is 0 Å². The van der Waals surface area contributed by atoms with E-state index in [0.717, 1.165) is 12.3 Å². The Hall–Kier alpha value is -1.33. The van der Waals surface area contributed by atoms with Crippen molar-refractivity contribution in [2.75, 3.05) is 11.9 Å². The lowest BCUT2D eigenvalue weighted by Crippen LogP contribution is -2.25. The van der Waals surface area contributed by atoms with Crippen LogP contribution in [0.15, 0.2) is 22.8 Å². The molecule has 4 rings (SSSR count). The van der Waals surface area contributed by atoms with Crippen molar-refractivity contribution in [3.05, 3.63) is 34.7 Å². The smallest absolute Gasteiger partial charge is 0.186 e. The number of hydrogen-bond donors (Lipinski definition) is 1. The third-order valence-corrected chi connectivity index (χ3v) is 5.60. The van der Waals surface area contributed by atoms with Crippen molar-refractivity contribution < 1.29 is 4.42 Å². The maximum Gasteiger partial charge on any atom is 0.186 e. The van der Waals surface area contributed by atoms with E-state index in [1.54, 1.807) is 6.26 Å². The SMILES string of the molecule is CNC1CCCc2sc(N(Cc3ccco3)C3CC3)nc21. The highest BCUT2D eigenvalue weighted by atomic mass is 32.1. The number of furan rings is 1. The molecule has 2 aliphatic rings. The number of anilines is 1. The molecule has 0 saturated heterocycles. The van der Waals surface area contributed by atoms with E-state index in [2.05, 4.69) is 16.3 Å². The van der Waals surface area contributed by atoms with Crippen LogP contribution in [-0.4, -0.2) is 18.1 Å². The van der Waals surface area contributed by atoms with Gasteiger partial charge in [0.05, 0.1) is 24.5 Å². The molecule has 2 aromatic rings. The highest BCUT2D eigenvalue weighted by Gasteiger charge is 2.33. The summed E-state index contributed by atoms with van der Waals surface area (Å²) in [4.78, 5) is 8.90. The summed E-state index contributed by atoms with van der Waals surface area (Å²) in [5.41, 5.74) is 1.29. The summed E-state index contributed by atoms with van der Waals surface area (Å²) in [6.45, 7) is 0.842. The molecule has 21 heavy (non-hydrogen) atoms. The first-order valence-electron chi connectivity index (χ1n) is 7.81. The molecule has 1 saturated carbocycles. The number of nitrogens with one attached hydrogen (secondary N) is 1. The fourth-order valence-corrected chi connectivity index (χ4v) is 4.35. The van der Waals surface area contributed by atoms with Crippen LogP contribution in [0.5, 0.6) is 0 Å². The maximum atomic E-state index is 5.53. The van der Waals surface area contributed by atoms with Gasteiger partial charge in [-0.05, 0) is 51.3 Å². The van der Waals surface area contributed by atoms with E-state index in [0.29, 0.717) is 12.1 Å². The molecule has 1 fully saturated rings. The van der Waals surface area contributed by atoms with E-state index < -0.39 is 0 Å². The summed E-state index contributed by atoms with van der Waals surface area (Å²) in [7, 11) is 2.04. The quantitative estimate of drug-likeness (QED) is 0.918. The molecule has 0 spiro atoms. The fraction of sp³-hybridized carbons (Fsp3) is 0.562. The number of fused-ring (bicyclic) bond motifs is 1. The molecular formula is C16H21N3OS. The first kappa shape index (κ1) is 13.3.